The van der Waals surface area contributed by atoms with Gasteiger partial charge in [-0.3, -0.25) is 0 Å². The lowest BCUT2D eigenvalue weighted by Gasteiger charge is -2.17. The van der Waals surface area contributed by atoms with Gasteiger partial charge in [-0.2, -0.15) is 0 Å². The third-order valence-electron chi connectivity index (χ3n) is 6.14. The molecule has 2 aliphatic carbocycles. The second-order valence-corrected chi connectivity index (χ2v) is 8.66. The van der Waals surface area contributed by atoms with Crippen LogP contribution in [0.5, 0.6) is 0 Å². The molecule has 0 aromatic heterocycles. The average molecular weight is 447 g/mol. The van der Waals surface area contributed by atoms with Crippen LogP contribution in [0.2, 0.25) is 0 Å². The van der Waals surface area contributed by atoms with Crippen LogP contribution in [0.15, 0.2) is 132 Å². The average Bonchev–Trinajstić information content (AvgIpc) is 3.40. The van der Waals surface area contributed by atoms with Gasteiger partial charge >= 0.3 is 0 Å². The van der Waals surface area contributed by atoms with E-state index >= 15 is 0 Å². The van der Waals surface area contributed by atoms with E-state index in [0.29, 0.717) is 0 Å². The predicted octanol–water partition coefficient (Wildman–Crippen LogP) is 7.62. The molecule has 0 heterocycles. The van der Waals surface area contributed by atoms with E-state index in [1.807, 2.05) is 0 Å². The maximum absolute atomic E-state index is 6.58. The highest BCUT2D eigenvalue weighted by Gasteiger charge is 2.10. The zero-order valence-electron chi connectivity index (χ0n) is 20.0. The Bertz CT molecular complexity index is 1170. The number of allylic oxidation sites excluding steroid dienone is 10. The quantitative estimate of drug-likeness (QED) is 0.389. The standard InChI is InChI=1S/C32H34N2/c1-2-11-25(27-18-20-28(21-19-27)26-12-5-3-6-13-26)22-23-31(34-30-16-9-10-17-30)24-32(33)29-14-7-4-8-15-29/h2-7,9,11-14,16-22,24,32,34H,8,10,15,23,33H2,1H3/b11-2-,25-22+,31-24-. The number of benzene rings is 2. The van der Waals surface area contributed by atoms with E-state index < -0.39 is 0 Å². The number of nitrogens with two attached hydrogens (primary N) is 1. The van der Waals surface area contributed by atoms with Crippen LogP contribution < -0.4 is 11.1 Å². The van der Waals surface area contributed by atoms with Crippen LogP contribution in [-0.2, 0) is 0 Å². The van der Waals surface area contributed by atoms with Gasteiger partial charge in [0.1, 0.15) is 0 Å². The molecule has 2 aliphatic rings. The van der Waals surface area contributed by atoms with Crippen molar-refractivity contribution in [2.75, 3.05) is 0 Å². The lowest BCUT2D eigenvalue weighted by atomic mass is 9.96. The zero-order chi connectivity index (χ0) is 23.6. The molecule has 0 saturated carbocycles. The van der Waals surface area contributed by atoms with E-state index in [9.17, 15) is 0 Å². The van der Waals surface area contributed by atoms with Crippen molar-refractivity contribution in [3.63, 3.8) is 0 Å². The second kappa shape index (κ2) is 12.0. The van der Waals surface area contributed by atoms with E-state index in [-0.39, 0.29) is 6.04 Å². The van der Waals surface area contributed by atoms with Crippen molar-refractivity contribution in [3.8, 4) is 11.1 Å². The molecule has 34 heavy (non-hydrogen) atoms. The molecule has 3 N–H and O–H groups in total. The minimum Gasteiger partial charge on any atom is -0.359 e. The van der Waals surface area contributed by atoms with Crippen molar-refractivity contribution < 1.29 is 0 Å². The first-order valence-electron chi connectivity index (χ1n) is 12.2. The largest absolute Gasteiger partial charge is 0.359 e. The van der Waals surface area contributed by atoms with Crippen LogP contribution in [-0.4, -0.2) is 6.04 Å². The smallest absolute Gasteiger partial charge is 0.0463 e. The van der Waals surface area contributed by atoms with Gasteiger partial charge in [0, 0.05) is 23.9 Å². The topological polar surface area (TPSA) is 38.0 Å². The van der Waals surface area contributed by atoms with E-state index in [1.165, 1.54) is 27.8 Å². The Hall–Kier alpha value is -3.62. The van der Waals surface area contributed by atoms with Gasteiger partial charge < -0.3 is 11.1 Å². The van der Waals surface area contributed by atoms with E-state index in [4.69, 9.17) is 5.73 Å². The highest BCUT2D eigenvalue weighted by molar-refractivity contribution is 5.76. The van der Waals surface area contributed by atoms with Crippen LogP contribution >= 0.6 is 0 Å². The zero-order valence-corrected chi connectivity index (χ0v) is 20.0. The lowest BCUT2D eigenvalue weighted by Crippen LogP contribution is -2.23. The summed E-state index contributed by atoms with van der Waals surface area (Å²) in [6.07, 6.45) is 25.6. The number of nitrogens with one attached hydrogen (secondary N) is 1. The molecule has 0 bridgehead atoms. The first kappa shape index (κ1) is 23.5. The van der Waals surface area contributed by atoms with Crippen LogP contribution in [0, 0.1) is 0 Å². The lowest BCUT2D eigenvalue weighted by molar-refractivity contribution is 0.813. The molecule has 1 unspecified atom stereocenters. The van der Waals surface area contributed by atoms with Gasteiger partial charge in [0.15, 0.2) is 0 Å². The van der Waals surface area contributed by atoms with Gasteiger partial charge in [-0.25, -0.2) is 0 Å². The summed E-state index contributed by atoms with van der Waals surface area (Å²) in [6, 6.07) is 19.2. The molecule has 0 saturated heterocycles. The molecule has 2 heteroatoms. The molecular formula is C32H34N2. The van der Waals surface area contributed by atoms with Gasteiger partial charge in [-0.1, -0.05) is 103 Å². The molecule has 0 aliphatic heterocycles. The molecule has 2 aromatic carbocycles. The van der Waals surface area contributed by atoms with Crippen LogP contribution in [0.3, 0.4) is 0 Å². The number of hydrogen-bond donors (Lipinski definition) is 2. The van der Waals surface area contributed by atoms with E-state index in [0.717, 1.165) is 37.1 Å². The van der Waals surface area contributed by atoms with Crippen LogP contribution in [0.4, 0.5) is 0 Å². The Morgan fingerprint density at radius 2 is 1.82 bits per heavy atom. The fourth-order valence-electron chi connectivity index (χ4n) is 4.29. The Morgan fingerprint density at radius 1 is 1.03 bits per heavy atom. The monoisotopic (exact) mass is 446 g/mol. The van der Waals surface area contributed by atoms with Gasteiger partial charge in [0.05, 0.1) is 0 Å². The summed E-state index contributed by atoms with van der Waals surface area (Å²) in [6.45, 7) is 2.06. The summed E-state index contributed by atoms with van der Waals surface area (Å²) in [5.41, 5.74) is 15.0. The summed E-state index contributed by atoms with van der Waals surface area (Å²) < 4.78 is 0. The van der Waals surface area contributed by atoms with Crippen LogP contribution in [0.25, 0.3) is 16.7 Å². The third kappa shape index (κ3) is 6.46. The summed E-state index contributed by atoms with van der Waals surface area (Å²) >= 11 is 0. The fourth-order valence-corrected chi connectivity index (χ4v) is 4.29. The Morgan fingerprint density at radius 3 is 2.50 bits per heavy atom. The summed E-state index contributed by atoms with van der Waals surface area (Å²) in [4.78, 5) is 0. The molecule has 0 amide bonds. The molecule has 2 nitrogen and oxygen atoms in total. The SMILES string of the molecule is C/C=C\C(=C/C/C(=C/C(N)C1=CC=CCC1)NC1=CCC=C1)c1ccc(-c2ccccc2)cc1. The molecule has 0 radical (unpaired) electrons. The second-order valence-electron chi connectivity index (χ2n) is 8.66. The minimum atomic E-state index is -0.0813. The summed E-state index contributed by atoms with van der Waals surface area (Å²) in [7, 11) is 0. The molecule has 0 fully saturated rings. The third-order valence-corrected chi connectivity index (χ3v) is 6.14. The number of rotatable bonds is 9. The van der Waals surface area contributed by atoms with Crippen molar-refractivity contribution in [1.82, 2.24) is 5.32 Å². The maximum Gasteiger partial charge on any atom is 0.0463 e. The van der Waals surface area contributed by atoms with Gasteiger partial charge in [-0.05, 0) is 66.2 Å². The number of hydrogen-bond acceptors (Lipinski definition) is 2. The Labute approximate surface area is 204 Å². The highest BCUT2D eigenvalue weighted by atomic mass is 14.9. The van der Waals surface area contributed by atoms with Gasteiger partial charge in [0.25, 0.3) is 0 Å². The molecule has 172 valence electrons. The minimum absolute atomic E-state index is 0.0813. The summed E-state index contributed by atoms with van der Waals surface area (Å²) in [5, 5.41) is 3.61. The molecule has 1 atom stereocenters. The predicted molar refractivity (Wildman–Crippen MR) is 147 cm³/mol. The van der Waals surface area contributed by atoms with Crippen molar-refractivity contribution in [1.29, 1.82) is 0 Å². The van der Waals surface area contributed by atoms with Crippen molar-refractivity contribution in [3.05, 3.63) is 138 Å². The Balaban J connectivity index is 1.56. The van der Waals surface area contributed by atoms with Crippen molar-refractivity contribution >= 4 is 5.57 Å². The molecule has 2 aromatic rings. The van der Waals surface area contributed by atoms with E-state index in [1.54, 1.807) is 0 Å². The molecular weight excluding hydrogens is 412 g/mol. The van der Waals surface area contributed by atoms with Gasteiger partial charge in [0.2, 0.25) is 0 Å². The van der Waals surface area contributed by atoms with Gasteiger partial charge in [-0.15, -0.1) is 0 Å². The summed E-state index contributed by atoms with van der Waals surface area (Å²) in [5.74, 6) is 0. The Kier molecular flexibility index (Phi) is 8.32. The fraction of sp³-hybridized carbons (Fsp3) is 0.188. The van der Waals surface area contributed by atoms with E-state index in [2.05, 4.69) is 128 Å². The van der Waals surface area contributed by atoms with Crippen molar-refractivity contribution in [2.45, 2.75) is 38.6 Å². The first-order valence-corrected chi connectivity index (χ1v) is 12.2. The maximum atomic E-state index is 6.58. The first-order chi connectivity index (χ1) is 16.7. The molecule has 0 spiro atoms. The molecule has 4 rings (SSSR count). The normalized spacial score (nSPS) is 17.1. The highest BCUT2D eigenvalue weighted by Crippen LogP contribution is 2.25. The van der Waals surface area contributed by atoms with Crippen molar-refractivity contribution in [2.24, 2.45) is 5.73 Å². The van der Waals surface area contributed by atoms with Crippen LogP contribution in [0.1, 0.15) is 38.2 Å².